The van der Waals surface area contributed by atoms with Crippen LogP contribution in [0.25, 0.3) is 0 Å². The van der Waals surface area contributed by atoms with Crippen molar-refractivity contribution in [2.45, 2.75) is 44.6 Å². The minimum atomic E-state index is 0.127. The Hall–Kier alpha value is -1.17. The molecule has 1 aromatic carbocycles. The second-order valence-electron chi connectivity index (χ2n) is 7.33. The van der Waals surface area contributed by atoms with Gasteiger partial charge in [0.05, 0.1) is 6.10 Å². The van der Waals surface area contributed by atoms with Gasteiger partial charge in [0.2, 0.25) is 0 Å². The molecule has 0 aromatic heterocycles. The first-order valence-electron chi connectivity index (χ1n) is 10.1. The molecule has 0 aliphatic carbocycles. The molecule has 0 saturated carbocycles. The Labute approximate surface area is 172 Å². The van der Waals surface area contributed by atoms with Crippen LogP contribution < -0.4 is 0 Å². The topological polar surface area (TPSA) is 32.8 Å². The van der Waals surface area contributed by atoms with Crippen molar-refractivity contribution in [1.82, 2.24) is 9.80 Å². The van der Waals surface area contributed by atoms with Crippen LogP contribution in [0.4, 0.5) is 0 Å². The third-order valence-electron chi connectivity index (χ3n) is 5.05. The van der Waals surface area contributed by atoms with Crippen LogP contribution in [-0.4, -0.2) is 61.6 Å². The highest BCUT2D eigenvalue weighted by Gasteiger charge is 2.23. The lowest BCUT2D eigenvalue weighted by atomic mass is 10.1. The molecule has 5 heteroatoms. The summed E-state index contributed by atoms with van der Waals surface area (Å²) in [6.45, 7) is 8.28. The molecule has 150 valence electrons. The minimum Gasteiger partial charge on any atom is -0.378 e. The number of likely N-dealkylation sites (N-methyl/N-ethyl adjacent to an activating group) is 1. The van der Waals surface area contributed by atoms with Crippen molar-refractivity contribution in [2.75, 3.05) is 39.8 Å². The van der Waals surface area contributed by atoms with Gasteiger partial charge in [-0.3, -0.25) is 4.79 Å². The average Bonchev–Trinajstić information content (AvgIpc) is 2.68. The van der Waals surface area contributed by atoms with Gasteiger partial charge in [-0.2, -0.15) is 0 Å². The fourth-order valence-corrected chi connectivity index (χ4v) is 3.66. The Bertz CT molecular complexity index is 568. The van der Waals surface area contributed by atoms with Gasteiger partial charge in [0.1, 0.15) is 0 Å². The van der Waals surface area contributed by atoms with Crippen LogP contribution in [-0.2, 0) is 4.74 Å². The van der Waals surface area contributed by atoms with E-state index in [1.165, 1.54) is 19.3 Å². The molecular formula is C22H33BrN2O2. The summed E-state index contributed by atoms with van der Waals surface area (Å²) in [6, 6.07) is 7.59. The summed E-state index contributed by atoms with van der Waals surface area (Å²) in [6.07, 6.45) is 8.98. The van der Waals surface area contributed by atoms with Gasteiger partial charge in [0.25, 0.3) is 5.91 Å². The Morgan fingerprint density at radius 2 is 1.89 bits per heavy atom. The number of hydrogen-bond donors (Lipinski definition) is 0. The molecule has 27 heavy (non-hydrogen) atoms. The largest absolute Gasteiger partial charge is 0.378 e. The summed E-state index contributed by atoms with van der Waals surface area (Å²) in [4.78, 5) is 16.8. The van der Waals surface area contributed by atoms with E-state index in [0.717, 1.165) is 62.1 Å². The van der Waals surface area contributed by atoms with Gasteiger partial charge in [-0.15, -0.1) is 6.58 Å². The minimum absolute atomic E-state index is 0.127. The monoisotopic (exact) mass is 436 g/mol. The Kier molecular flexibility index (Phi) is 10.1. The first-order chi connectivity index (χ1) is 13.1. The van der Waals surface area contributed by atoms with E-state index in [4.69, 9.17) is 4.74 Å². The normalized spacial score (nSPS) is 15.3. The van der Waals surface area contributed by atoms with Gasteiger partial charge in [-0.05, 0) is 63.5 Å². The fourth-order valence-electron chi connectivity index (χ4n) is 3.40. The number of benzene rings is 1. The van der Waals surface area contributed by atoms with Gasteiger partial charge < -0.3 is 14.5 Å². The molecule has 1 aromatic rings. The van der Waals surface area contributed by atoms with Gasteiger partial charge in [-0.25, -0.2) is 0 Å². The predicted octanol–water partition coefficient (Wildman–Crippen LogP) is 4.75. The average molecular weight is 437 g/mol. The third kappa shape index (κ3) is 8.16. The van der Waals surface area contributed by atoms with Crippen molar-refractivity contribution >= 4 is 21.8 Å². The molecule has 1 heterocycles. The number of carbonyl (C=O) groups excluding carboxylic acids is 1. The van der Waals surface area contributed by atoms with Crippen LogP contribution in [0, 0.1) is 0 Å². The van der Waals surface area contributed by atoms with Gasteiger partial charge in [0, 0.05) is 36.3 Å². The van der Waals surface area contributed by atoms with Crippen molar-refractivity contribution in [2.24, 2.45) is 0 Å². The molecule has 0 N–H and O–H groups in total. The van der Waals surface area contributed by atoms with Gasteiger partial charge in [-0.1, -0.05) is 34.8 Å². The lowest BCUT2D eigenvalue weighted by Gasteiger charge is -2.32. The van der Waals surface area contributed by atoms with Crippen molar-refractivity contribution in [3.63, 3.8) is 0 Å². The maximum absolute atomic E-state index is 12.5. The lowest BCUT2D eigenvalue weighted by Crippen LogP contribution is -2.41. The number of ether oxygens (including phenoxy) is 1. The number of likely N-dealkylation sites (tertiary alicyclic amines) is 1. The van der Waals surface area contributed by atoms with Crippen molar-refractivity contribution in [1.29, 1.82) is 0 Å². The molecule has 1 fully saturated rings. The summed E-state index contributed by atoms with van der Waals surface area (Å²) in [5, 5.41) is 0. The Balaban J connectivity index is 1.54. The second kappa shape index (κ2) is 12.3. The Morgan fingerprint density at radius 3 is 2.56 bits per heavy atom. The van der Waals surface area contributed by atoms with Crippen LogP contribution in [0.2, 0.25) is 0 Å². The summed E-state index contributed by atoms with van der Waals surface area (Å²) < 4.78 is 7.03. The molecule has 0 atom stereocenters. The molecule has 1 aliphatic heterocycles. The molecule has 4 nitrogen and oxygen atoms in total. The summed E-state index contributed by atoms with van der Waals surface area (Å²) in [5.74, 6) is 0.127. The standard InChI is InChI=1S/C22H33BrN2O2/c1-3-14-24(2)15-6-4-5-7-18-27-21-12-16-25(17-13-21)22(26)19-8-10-20(23)11-9-19/h3,8-11,21H,1,4-7,12-18H2,2H3. The smallest absolute Gasteiger partial charge is 0.253 e. The van der Waals surface area contributed by atoms with Crippen molar-refractivity contribution in [3.8, 4) is 0 Å². The zero-order valence-electron chi connectivity index (χ0n) is 16.5. The summed E-state index contributed by atoms with van der Waals surface area (Å²) in [5.41, 5.74) is 0.760. The quantitative estimate of drug-likeness (QED) is 0.370. The molecule has 0 spiro atoms. The number of piperidine rings is 1. The number of halogens is 1. The van der Waals surface area contributed by atoms with E-state index in [2.05, 4.69) is 34.5 Å². The van der Waals surface area contributed by atoms with Crippen LogP contribution in [0.1, 0.15) is 48.9 Å². The SMILES string of the molecule is C=CCN(C)CCCCCCOC1CCN(C(=O)c2ccc(Br)cc2)CC1. The molecule has 0 radical (unpaired) electrons. The van der Waals surface area contributed by atoms with E-state index in [-0.39, 0.29) is 5.91 Å². The predicted molar refractivity (Wildman–Crippen MR) is 115 cm³/mol. The molecule has 1 aliphatic rings. The van der Waals surface area contributed by atoms with Crippen molar-refractivity contribution < 1.29 is 9.53 Å². The fraction of sp³-hybridized carbons (Fsp3) is 0.591. The van der Waals surface area contributed by atoms with Crippen molar-refractivity contribution in [3.05, 3.63) is 47.0 Å². The van der Waals surface area contributed by atoms with Gasteiger partial charge in [0.15, 0.2) is 0 Å². The third-order valence-corrected chi connectivity index (χ3v) is 5.58. The number of amides is 1. The van der Waals surface area contributed by atoms with E-state index >= 15 is 0 Å². The zero-order valence-corrected chi connectivity index (χ0v) is 18.1. The number of rotatable bonds is 11. The number of unbranched alkanes of at least 4 members (excludes halogenated alkanes) is 3. The molecule has 1 saturated heterocycles. The molecular weight excluding hydrogens is 404 g/mol. The van der Waals surface area contributed by atoms with E-state index in [1.807, 2.05) is 35.2 Å². The molecule has 0 unspecified atom stereocenters. The number of hydrogen-bond acceptors (Lipinski definition) is 3. The molecule has 1 amide bonds. The van der Waals surface area contributed by atoms with Crippen LogP contribution in [0.15, 0.2) is 41.4 Å². The highest BCUT2D eigenvalue weighted by molar-refractivity contribution is 9.10. The van der Waals surface area contributed by atoms with Crippen LogP contribution in [0.3, 0.4) is 0 Å². The summed E-state index contributed by atoms with van der Waals surface area (Å²) in [7, 11) is 2.14. The van der Waals surface area contributed by atoms with Crippen LogP contribution in [0.5, 0.6) is 0 Å². The number of nitrogens with zero attached hydrogens (tertiary/aromatic N) is 2. The molecule has 0 bridgehead atoms. The highest BCUT2D eigenvalue weighted by atomic mass is 79.9. The molecule has 2 rings (SSSR count). The first-order valence-corrected chi connectivity index (χ1v) is 10.9. The lowest BCUT2D eigenvalue weighted by molar-refractivity contribution is 0.00716. The Morgan fingerprint density at radius 1 is 1.22 bits per heavy atom. The van der Waals surface area contributed by atoms with E-state index in [0.29, 0.717) is 6.10 Å². The van der Waals surface area contributed by atoms with Gasteiger partial charge >= 0.3 is 0 Å². The first kappa shape index (κ1) is 22.1. The van der Waals surface area contributed by atoms with E-state index in [9.17, 15) is 4.79 Å². The number of carbonyl (C=O) groups is 1. The van der Waals surface area contributed by atoms with E-state index < -0.39 is 0 Å². The summed E-state index contributed by atoms with van der Waals surface area (Å²) >= 11 is 3.41. The second-order valence-corrected chi connectivity index (χ2v) is 8.25. The maximum atomic E-state index is 12.5. The highest BCUT2D eigenvalue weighted by Crippen LogP contribution is 2.18. The van der Waals surface area contributed by atoms with Crippen LogP contribution >= 0.6 is 15.9 Å². The maximum Gasteiger partial charge on any atom is 0.253 e. The zero-order chi connectivity index (χ0) is 19.5. The van der Waals surface area contributed by atoms with E-state index in [1.54, 1.807) is 0 Å².